The van der Waals surface area contributed by atoms with E-state index < -0.39 is 24.0 Å². The third-order valence-electron chi connectivity index (χ3n) is 6.75. The average molecular weight is 583 g/mol. The normalized spacial score (nSPS) is 14.2. The predicted molar refractivity (Wildman–Crippen MR) is 158 cm³/mol. The van der Waals surface area contributed by atoms with Gasteiger partial charge in [-0.3, -0.25) is 0 Å². The van der Waals surface area contributed by atoms with Crippen molar-refractivity contribution in [2.75, 3.05) is 47.1 Å². The Balaban J connectivity index is 1.67. The molecule has 0 aliphatic carbocycles. The van der Waals surface area contributed by atoms with Crippen molar-refractivity contribution in [1.29, 1.82) is 0 Å². The van der Waals surface area contributed by atoms with Crippen LogP contribution < -0.4 is 24.8 Å². The fourth-order valence-electron chi connectivity index (χ4n) is 4.78. The number of nitrogens with one attached hydrogen (secondary N) is 2. The molecule has 0 amide bonds. The molecule has 228 valence electrons. The minimum absolute atomic E-state index is 0.209. The Labute approximate surface area is 247 Å². The first-order chi connectivity index (χ1) is 20.3. The lowest BCUT2D eigenvalue weighted by molar-refractivity contribution is -0.137. The molecule has 0 spiro atoms. The van der Waals surface area contributed by atoms with Gasteiger partial charge in [0.1, 0.15) is 30.0 Å². The van der Waals surface area contributed by atoms with E-state index in [0.717, 1.165) is 18.6 Å². The van der Waals surface area contributed by atoms with Gasteiger partial charge in [-0.15, -0.1) is 0 Å². The second-order valence-corrected chi connectivity index (χ2v) is 9.79. The van der Waals surface area contributed by atoms with Gasteiger partial charge in [0, 0.05) is 23.5 Å². The molecule has 3 N–H and O–H groups in total. The first-order valence-corrected chi connectivity index (χ1v) is 14.1. The number of unbranched alkanes of at least 4 members (excludes halogenated alkanes) is 1. The third-order valence-corrected chi connectivity index (χ3v) is 6.75. The molecule has 0 radical (unpaired) electrons. The fourth-order valence-corrected chi connectivity index (χ4v) is 4.78. The van der Waals surface area contributed by atoms with Crippen LogP contribution in [0.15, 0.2) is 71.1 Å². The van der Waals surface area contributed by atoms with E-state index >= 15 is 0 Å². The lowest BCUT2D eigenvalue weighted by atomic mass is 9.80. The minimum Gasteiger partial charge on any atom is -0.494 e. The molecule has 0 unspecified atom stereocenters. The number of methoxy groups -OCH3 is 2. The van der Waals surface area contributed by atoms with E-state index in [9.17, 15) is 14.7 Å². The number of aliphatic hydroxyl groups is 1. The molecule has 0 bridgehead atoms. The van der Waals surface area contributed by atoms with Crippen molar-refractivity contribution in [3.8, 4) is 17.2 Å². The molecule has 42 heavy (non-hydrogen) atoms. The minimum atomic E-state index is -0.789. The summed E-state index contributed by atoms with van der Waals surface area (Å²) in [5.74, 6) is -0.0807. The quantitative estimate of drug-likeness (QED) is 0.199. The monoisotopic (exact) mass is 582 g/mol. The van der Waals surface area contributed by atoms with Gasteiger partial charge in [0.2, 0.25) is 0 Å². The number of hydrogen-bond donors (Lipinski definition) is 3. The van der Waals surface area contributed by atoms with Crippen LogP contribution in [-0.2, 0) is 19.1 Å². The van der Waals surface area contributed by atoms with Crippen molar-refractivity contribution in [1.82, 2.24) is 10.6 Å². The summed E-state index contributed by atoms with van der Waals surface area (Å²) < 4.78 is 27.7. The van der Waals surface area contributed by atoms with Gasteiger partial charge in [-0.1, -0.05) is 18.2 Å². The standard InChI is InChI=1S/C32H42N2O8/c1-6-40-25-14-15-27(41-17-11-10-16-33-19-23(35)20-42-24-12-8-7-9-13-24)26(18-25)30-28(31(36)38-4)21(2)34-22(3)29(30)32(37)39-5/h7-9,12-15,18,23,30,33-35H,6,10-11,16-17,19-20H2,1-5H3/t23-/m0/s1. The summed E-state index contributed by atoms with van der Waals surface area (Å²) in [6.07, 6.45) is 0.920. The van der Waals surface area contributed by atoms with Crippen molar-refractivity contribution in [3.05, 3.63) is 76.6 Å². The molecule has 0 saturated heterocycles. The van der Waals surface area contributed by atoms with Gasteiger partial charge < -0.3 is 39.4 Å². The molecular formula is C32H42N2O8. The van der Waals surface area contributed by atoms with Crippen LogP contribution in [0.5, 0.6) is 17.2 Å². The zero-order valence-corrected chi connectivity index (χ0v) is 25.0. The van der Waals surface area contributed by atoms with Crippen LogP contribution in [0.1, 0.15) is 45.1 Å². The number of carbonyl (C=O) groups is 2. The van der Waals surface area contributed by atoms with E-state index in [2.05, 4.69) is 10.6 Å². The van der Waals surface area contributed by atoms with Gasteiger partial charge in [-0.25, -0.2) is 9.59 Å². The van der Waals surface area contributed by atoms with Crippen molar-refractivity contribution < 1.29 is 38.4 Å². The molecule has 0 fully saturated rings. The van der Waals surface area contributed by atoms with Crippen LogP contribution >= 0.6 is 0 Å². The van der Waals surface area contributed by atoms with Crippen LogP contribution in [-0.4, -0.2) is 70.3 Å². The molecular weight excluding hydrogens is 540 g/mol. The molecule has 2 aromatic rings. The van der Waals surface area contributed by atoms with E-state index in [0.29, 0.717) is 65.9 Å². The first kappa shape index (κ1) is 32.5. The maximum atomic E-state index is 13.0. The van der Waals surface area contributed by atoms with Crippen LogP contribution in [0.3, 0.4) is 0 Å². The predicted octanol–water partition coefficient (Wildman–Crippen LogP) is 3.85. The fraction of sp³-hybridized carbons (Fsp3) is 0.438. The number of dihydropyridines is 1. The summed E-state index contributed by atoms with van der Waals surface area (Å²) in [7, 11) is 2.61. The number of benzene rings is 2. The van der Waals surface area contributed by atoms with Crippen molar-refractivity contribution >= 4 is 11.9 Å². The number of para-hydroxylation sites is 1. The lowest BCUT2D eigenvalue weighted by Gasteiger charge is -2.31. The molecule has 1 aliphatic heterocycles. The van der Waals surface area contributed by atoms with E-state index in [1.165, 1.54) is 14.2 Å². The van der Waals surface area contributed by atoms with Crippen molar-refractivity contribution in [2.45, 2.75) is 45.6 Å². The number of esters is 2. The Kier molecular flexibility index (Phi) is 12.7. The van der Waals surface area contributed by atoms with Crippen molar-refractivity contribution in [2.24, 2.45) is 0 Å². The first-order valence-electron chi connectivity index (χ1n) is 14.1. The second kappa shape index (κ2) is 16.4. The van der Waals surface area contributed by atoms with E-state index in [-0.39, 0.29) is 6.61 Å². The summed E-state index contributed by atoms with van der Waals surface area (Å²) in [6.45, 7) is 7.58. The summed E-state index contributed by atoms with van der Waals surface area (Å²) >= 11 is 0. The van der Waals surface area contributed by atoms with Gasteiger partial charge in [0.15, 0.2) is 0 Å². The molecule has 1 atom stereocenters. The van der Waals surface area contributed by atoms with Gasteiger partial charge >= 0.3 is 11.9 Å². The SMILES string of the molecule is CCOc1ccc(OCCCCNC[C@H](O)COc2ccccc2)c(C2C(C(=O)OC)=C(C)NC(C)=C2C(=O)OC)c1. The Bertz CT molecular complexity index is 1220. The van der Waals surface area contributed by atoms with Gasteiger partial charge in [-0.2, -0.15) is 0 Å². The molecule has 1 aliphatic rings. The van der Waals surface area contributed by atoms with Crippen molar-refractivity contribution in [3.63, 3.8) is 0 Å². The van der Waals surface area contributed by atoms with Crippen LogP contribution in [0.25, 0.3) is 0 Å². The molecule has 2 aromatic carbocycles. The highest BCUT2D eigenvalue weighted by Gasteiger charge is 2.39. The molecule has 0 aromatic heterocycles. The molecule has 10 heteroatoms. The Morgan fingerprint density at radius 2 is 1.57 bits per heavy atom. The summed E-state index contributed by atoms with van der Waals surface area (Å²) in [6, 6.07) is 14.8. The number of aliphatic hydroxyl groups excluding tert-OH is 1. The molecule has 3 rings (SSSR count). The number of carbonyl (C=O) groups excluding carboxylic acids is 2. The Morgan fingerprint density at radius 3 is 2.19 bits per heavy atom. The molecule has 10 nitrogen and oxygen atoms in total. The highest BCUT2D eigenvalue weighted by Crippen LogP contribution is 2.44. The number of ether oxygens (including phenoxy) is 5. The molecule has 1 heterocycles. The van der Waals surface area contributed by atoms with Gasteiger partial charge in [0.05, 0.1) is 44.5 Å². The molecule has 0 saturated carbocycles. The smallest absolute Gasteiger partial charge is 0.336 e. The van der Waals surface area contributed by atoms with E-state index in [1.807, 2.05) is 37.3 Å². The largest absolute Gasteiger partial charge is 0.494 e. The highest BCUT2D eigenvalue weighted by molar-refractivity contribution is 6.00. The van der Waals surface area contributed by atoms with Gasteiger partial charge in [0.25, 0.3) is 0 Å². The summed E-state index contributed by atoms with van der Waals surface area (Å²) in [5.41, 5.74) is 2.34. The van der Waals surface area contributed by atoms with Crippen LogP contribution in [0.2, 0.25) is 0 Å². The lowest BCUT2D eigenvalue weighted by Crippen LogP contribution is -2.32. The number of rotatable bonds is 16. The van der Waals surface area contributed by atoms with Gasteiger partial charge in [-0.05, 0) is 70.5 Å². The Morgan fingerprint density at radius 1 is 0.905 bits per heavy atom. The third kappa shape index (κ3) is 8.74. The van der Waals surface area contributed by atoms with Crippen LogP contribution in [0, 0.1) is 0 Å². The van der Waals surface area contributed by atoms with E-state index in [4.69, 9.17) is 23.7 Å². The zero-order valence-electron chi connectivity index (χ0n) is 25.0. The Hall–Kier alpha value is -4.02. The highest BCUT2D eigenvalue weighted by atomic mass is 16.5. The maximum absolute atomic E-state index is 13.0. The number of allylic oxidation sites excluding steroid dienone is 2. The second-order valence-electron chi connectivity index (χ2n) is 9.79. The summed E-state index contributed by atoms with van der Waals surface area (Å²) in [5, 5.41) is 16.5. The topological polar surface area (TPSA) is 125 Å². The van der Waals surface area contributed by atoms with E-state index in [1.54, 1.807) is 32.0 Å². The average Bonchev–Trinajstić information content (AvgIpc) is 2.99. The summed E-state index contributed by atoms with van der Waals surface area (Å²) in [4.78, 5) is 25.9. The van der Waals surface area contributed by atoms with Crippen LogP contribution in [0.4, 0.5) is 0 Å². The zero-order chi connectivity index (χ0) is 30.5. The number of hydrogen-bond acceptors (Lipinski definition) is 10. The maximum Gasteiger partial charge on any atom is 0.336 e.